The average Bonchev–Trinajstić information content (AvgIpc) is 2.81. The molecule has 3 N–H and O–H groups in total. The largest absolute Gasteiger partial charge is 0.490 e. The summed E-state index contributed by atoms with van der Waals surface area (Å²) in [6.45, 7) is 6.12. The lowest BCUT2D eigenvalue weighted by molar-refractivity contribution is -0.139. The molecule has 0 aromatic heterocycles. The molecule has 9 nitrogen and oxygen atoms in total. The molecule has 2 aromatic rings. The topological polar surface area (TPSA) is 118 Å². The highest BCUT2D eigenvalue weighted by Gasteiger charge is 2.15. The lowest BCUT2D eigenvalue weighted by Crippen LogP contribution is -2.38. The zero-order valence-electron chi connectivity index (χ0n) is 19.7. The molecule has 2 aromatic carbocycles. The zero-order chi connectivity index (χ0) is 25.8. The van der Waals surface area contributed by atoms with Crippen molar-refractivity contribution in [1.82, 2.24) is 10.7 Å². The van der Waals surface area contributed by atoms with Crippen LogP contribution in [0.3, 0.4) is 0 Å². The van der Waals surface area contributed by atoms with Crippen LogP contribution in [0, 0.1) is 6.92 Å². The smallest absolute Gasteiger partial charge is 0.329 e. The van der Waals surface area contributed by atoms with E-state index in [-0.39, 0.29) is 12.5 Å². The number of unbranched alkanes of at least 4 members (excludes halogenated alkanes) is 1. The Balaban J connectivity index is 2.03. The summed E-state index contributed by atoms with van der Waals surface area (Å²) in [5, 5.41) is 9.65. The summed E-state index contributed by atoms with van der Waals surface area (Å²) >= 11 is 9.52. The van der Waals surface area contributed by atoms with Gasteiger partial charge in [0.1, 0.15) is 0 Å². The van der Waals surface area contributed by atoms with Crippen LogP contribution in [-0.2, 0) is 14.4 Å². The molecule has 0 heterocycles. The Labute approximate surface area is 217 Å². The Hall–Kier alpha value is -3.11. The molecule has 3 amide bonds. The van der Waals surface area contributed by atoms with E-state index in [1.165, 1.54) is 6.21 Å². The number of ether oxygens (including phenoxy) is 2. The predicted molar refractivity (Wildman–Crippen MR) is 139 cm³/mol. The first-order valence-electron chi connectivity index (χ1n) is 11.0. The first kappa shape index (κ1) is 28.1. The van der Waals surface area contributed by atoms with Gasteiger partial charge in [-0.1, -0.05) is 31.0 Å². The number of nitrogens with zero attached hydrogens (tertiary/aromatic N) is 1. The number of hydrazone groups is 1. The van der Waals surface area contributed by atoms with E-state index in [0.717, 1.165) is 18.4 Å². The SMILES string of the molecule is CCCCNC(=O)C(=O)N/N=C/c1cc(Br)c(OCC(=O)Nc2cccc(Cl)c2C)c(OCC)c1. The lowest BCUT2D eigenvalue weighted by Gasteiger charge is -2.15. The molecule has 0 bridgehead atoms. The minimum absolute atomic E-state index is 0.263. The molecule has 0 aliphatic carbocycles. The molecule has 0 aliphatic rings. The fraction of sp³-hybridized carbons (Fsp3) is 0.333. The highest BCUT2D eigenvalue weighted by molar-refractivity contribution is 9.10. The van der Waals surface area contributed by atoms with Gasteiger partial charge in [0.05, 0.1) is 17.3 Å². The quantitative estimate of drug-likeness (QED) is 0.163. The van der Waals surface area contributed by atoms with Crippen molar-refractivity contribution in [3.8, 4) is 11.5 Å². The van der Waals surface area contributed by atoms with E-state index in [1.54, 1.807) is 30.3 Å². The van der Waals surface area contributed by atoms with Crippen LogP contribution in [0.15, 0.2) is 39.9 Å². The third-order valence-corrected chi connectivity index (χ3v) is 5.62. The number of hydrogen-bond acceptors (Lipinski definition) is 6. The standard InChI is InChI=1S/C24H28BrClN4O5/c1-4-6-10-27-23(32)24(33)30-28-13-16-11-17(25)22(20(12-16)34-5-2)35-14-21(31)29-19-9-7-8-18(26)15(19)3/h7-9,11-13H,4-6,10,14H2,1-3H3,(H,27,32)(H,29,31)(H,30,33)/b28-13+. The number of carbonyl (C=O) groups excluding carboxylic acids is 3. The minimum Gasteiger partial charge on any atom is -0.490 e. The molecule has 0 unspecified atom stereocenters. The summed E-state index contributed by atoms with van der Waals surface area (Å²) in [6.07, 6.45) is 3.05. The van der Waals surface area contributed by atoms with Gasteiger partial charge in [-0.2, -0.15) is 5.10 Å². The summed E-state index contributed by atoms with van der Waals surface area (Å²) < 4.78 is 11.9. The molecule has 0 spiro atoms. The number of amides is 3. The van der Waals surface area contributed by atoms with Crippen LogP contribution in [-0.4, -0.2) is 43.7 Å². The fourth-order valence-electron chi connectivity index (χ4n) is 2.81. The maximum Gasteiger partial charge on any atom is 0.329 e. The van der Waals surface area contributed by atoms with Crippen molar-refractivity contribution in [1.29, 1.82) is 0 Å². The maximum absolute atomic E-state index is 12.4. The van der Waals surface area contributed by atoms with Crippen LogP contribution in [0.25, 0.3) is 0 Å². The number of carbonyl (C=O) groups is 3. The van der Waals surface area contributed by atoms with Crippen LogP contribution >= 0.6 is 27.5 Å². The van der Waals surface area contributed by atoms with Crippen molar-refractivity contribution in [3.05, 3.63) is 51.0 Å². The van der Waals surface area contributed by atoms with Crippen LogP contribution in [0.4, 0.5) is 5.69 Å². The van der Waals surface area contributed by atoms with Crippen molar-refractivity contribution < 1.29 is 23.9 Å². The third-order valence-electron chi connectivity index (χ3n) is 4.62. The predicted octanol–water partition coefficient (Wildman–Crippen LogP) is 4.19. The van der Waals surface area contributed by atoms with E-state index in [0.29, 0.717) is 45.4 Å². The van der Waals surface area contributed by atoms with Crippen LogP contribution in [0.1, 0.15) is 37.8 Å². The Morgan fingerprint density at radius 2 is 1.91 bits per heavy atom. The van der Waals surface area contributed by atoms with Gasteiger partial charge in [0.25, 0.3) is 5.91 Å². The van der Waals surface area contributed by atoms with Crippen LogP contribution in [0.2, 0.25) is 5.02 Å². The second kappa shape index (κ2) is 14.3. The lowest BCUT2D eigenvalue weighted by atomic mass is 10.2. The van der Waals surface area contributed by atoms with Crippen LogP contribution < -0.4 is 25.5 Å². The summed E-state index contributed by atoms with van der Waals surface area (Å²) in [5.74, 6) is -1.26. The van der Waals surface area contributed by atoms with Gasteiger partial charge in [-0.3, -0.25) is 14.4 Å². The molecule has 11 heteroatoms. The number of anilines is 1. The molecule has 0 radical (unpaired) electrons. The van der Waals surface area contributed by atoms with Crippen molar-refractivity contribution in [2.24, 2.45) is 5.10 Å². The first-order chi connectivity index (χ1) is 16.8. The maximum atomic E-state index is 12.4. The number of nitrogens with one attached hydrogen (secondary N) is 3. The van der Waals surface area contributed by atoms with Gasteiger partial charge in [0, 0.05) is 17.3 Å². The molecule has 0 saturated heterocycles. The molecular formula is C24H28BrClN4O5. The van der Waals surface area contributed by atoms with E-state index in [9.17, 15) is 14.4 Å². The molecule has 2 rings (SSSR count). The van der Waals surface area contributed by atoms with Crippen molar-refractivity contribution in [2.45, 2.75) is 33.6 Å². The van der Waals surface area contributed by atoms with Crippen LogP contribution in [0.5, 0.6) is 11.5 Å². The second-order valence-electron chi connectivity index (χ2n) is 7.32. The molecule has 0 saturated carbocycles. The van der Waals surface area contributed by atoms with E-state index in [4.69, 9.17) is 21.1 Å². The monoisotopic (exact) mass is 566 g/mol. The Bertz CT molecular complexity index is 1090. The summed E-state index contributed by atoms with van der Waals surface area (Å²) in [6, 6.07) is 8.56. The molecule has 35 heavy (non-hydrogen) atoms. The van der Waals surface area contributed by atoms with E-state index in [2.05, 4.69) is 37.1 Å². The first-order valence-corrected chi connectivity index (χ1v) is 12.2. The highest BCUT2D eigenvalue weighted by Crippen LogP contribution is 2.36. The van der Waals surface area contributed by atoms with Gasteiger partial charge in [0.15, 0.2) is 18.1 Å². The number of benzene rings is 2. The molecule has 188 valence electrons. The van der Waals surface area contributed by atoms with E-state index < -0.39 is 11.8 Å². The summed E-state index contributed by atoms with van der Waals surface area (Å²) in [5.41, 5.74) is 4.11. The molecule has 0 fully saturated rings. The Morgan fingerprint density at radius 3 is 2.63 bits per heavy atom. The zero-order valence-corrected chi connectivity index (χ0v) is 22.1. The fourth-order valence-corrected chi connectivity index (χ4v) is 3.56. The van der Waals surface area contributed by atoms with Gasteiger partial charge < -0.3 is 20.1 Å². The highest BCUT2D eigenvalue weighted by atomic mass is 79.9. The second-order valence-corrected chi connectivity index (χ2v) is 8.58. The van der Waals surface area contributed by atoms with Crippen molar-refractivity contribution in [3.63, 3.8) is 0 Å². The average molecular weight is 568 g/mol. The number of rotatable bonds is 11. The van der Waals surface area contributed by atoms with E-state index in [1.807, 2.05) is 20.8 Å². The molecular weight excluding hydrogens is 540 g/mol. The van der Waals surface area contributed by atoms with E-state index >= 15 is 0 Å². The van der Waals surface area contributed by atoms with Gasteiger partial charge in [-0.15, -0.1) is 0 Å². The summed E-state index contributed by atoms with van der Waals surface area (Å²) in [4.78, 5) is 35.9. The van der Waals surface area contributed by atoms with Gasteiger partial charge in [0.2, 0.25) is 0 Å². The summed E-state index contributed by atoms with van der Waals surface area (Å²) in [7, 11) is 0. The van der Waals surface area contributed by atoms with Gasteiger partial charge in [-0.25, -0.2) is 5.43 Å². The number of hydrogen-bond donors (Lipinski definition) is 3. The normalized spacial score (nSPS) is 10.7. The van der Waals surface area contributed by atoms with Crippen molar-refractivity contribution >= 4 is 57.2 Å². The van der Waals surface area contributed by atoms with Gasteiger partial charge >= 0.3 is 11.8 Å². The Kier molecular flexibility index (Phi) is 11.5. The molecule has 0 aliphatic heterocycles. The van der Waals surface area contributed by atoms with Crippen molar-refractivity contribution in [2.75, 3.05) is 25.1 Å². The minimum atomic E-state index is -0.859. The Morgan fingerprint density at radius 1 is 1.14 bits per heavy atom. The molecule has 0 atom stereocenters. The third kappa shape index (κ3) is 8.88. The number of halogens is 2. The van der Waals surface area contributed by atoms with Gasteiger partial charge in [-0.05, 0) is 71.6 Å².